The van der Waals surface area contributed by atoms with Crippen LogP contribution in [0, 0.1) is 0 Å². The van der Waals surface area contributed by atoms with E-state index in [1.54, 1.807) is 43.3 Å². The molecule has 0 spiro atoms. The third-order valence-corrected chi connectivity index (χ3v) is 4.54. The Morgan fingerprint density at radius 1 is 0.900 bits per heavy atom. The Hall–Kier alpha value is -4.13. The van der Waals surface area contributed by atoms with E-state index in [1.165, 1.54) is 0 Å². The van der Waals surface area contributed by atoms with Gasteiger partial charge in [0, 0.05) is 5.56 Å². The number of hydrogen-bond acceptors (Lipinski definition) is 5. The first-order chi connectivity index (χ1) is 14.6. The molecule has 1 aliphatic heterocycles. The first-order valence-electron chi connectivity index (χ1n) is 9.36. The van der Waals surface area contributed by atoms with Gasteiger partial charge in [-0.1, -0.05) is 42.5 Å². The van der Waals surface area contributed by atoms with E-state index in [2.05, 4.69) is 10.6 Å². The quantitative estimate of drug-likeness (QED) is 0.385. The molecule has 2 aromatic carbocycles. The summed E-state index contributed by atoms with van der Waals surface area (Å²) in [5.74, 6) is 0.0797. The monoisotopic (exact) mass is 402 g/mol. The number of benzene rings is 2. The summed E-state index contributed by atoms with van der Waals surface area (Å²) < 4.78 is 11.0. The van der Waals surface area contributed by atoms with Gasteiger partial charge in [0.2, 0.25) is 0 Å². The fourth-order valence-electron chi connectivity index (χ4n) is 3.17. The van der Waals surface area contributed by atoms with Crippen LogP contribution in [0.15, 0.2) is 76.8 Å². The highest BCUT2D eigenvalue weighted by Crippen LogP contribution is 2.32. The molecule has 0 radical (unpaired) electrons. The van der Waals surface area contributed by atoms with Gasteiger partial charge >= 0.3 is 12.0 Å². The highest BCUT2D eigenvalue weighted by molar-refractivity contribution is 6.16. The maximum Gasteiger partial charge on any atom is 0.338 e. The Balaban J connectivity index is 1.72. The molecule has 0 aliphatic carbocycles. The molecule has 0 atom stereocenters. The Bertz CT molecular complexity index is 1140. The van der Waals surface area contributed by atoms with Crippen LogP contribution < -0.4 is 10.6 Å². The minimum Gasteiger partial charge on any atom is -0.462 e. The van der Waals surface area contributed by atoms with Crippen LogP contribution in [-0.4, -0.2) is 24.5 Å². The number of urea groups is 1. The molecule has 2 N–H and O–H groups in total. The Morgan fingerprint density at radius 3 is 2.27 bits per heavy atom. The van der Waals surface area contributed by atoms with Crippen LogP contribution in [0.5, 0.6) is 0 Å². The molecule has 0 saturated carbocycles. The number of furan rings is 1. The van der Waals surface area contributed by atoms with Crippen LogP contribution in [0.2, 0.25) is 0 Å². The number of carbonyl (C=O) groups excluding carboxylic acids is 3. The van der Waals surface area contributed by atoms with Crippen molar-refractivity contribution >= 4 is 23.5 Å². The third-order valence-electron chi connectivity index (χ3n) is 4.54. The fourth-order valence-corrected chi connectivity index (χ4v) is 3.17. The molecule has 4 rings (SSSR count). The van der Waals surface area contributed by atoms with E-state index in [9.17, 15) is 14.4 Å². The number of carbonyl (C=O) groups is 3. The van der Waals surface area contributed by atoms with Crippen molar-refractivity contribution in [3.63, 3.8) is 0 Å². The average molecular weight is 402 g/mol. The van der Waals surface area contributed by atoms with E-state index < -0.39 is 11.9 Å². The van der Waals surface area contributed by atoms with Crippen molar-refractivity contribution in [3.8, 4) is 11.3 Å². The summed E-state index contributed by atoms with van der Waals surface area (Å²) in [6, 6.07) is 19.0. The zero-order valence-corrected chi connectivity index (χ0v) is 16.1. The van der Waals surface area contributed by atoms with Gasteiger partial charge in [0.1, 0.15) is 17.2 Å². The Kier molecular flexibility index (Phi) is 5.17. The number of amides is 3. The second-order valence-corrected chi connectivity index (χ2v) is 6.49. The SMILES string of the molecule is CCOC(=O)c1ccc(-c2ccc(C(=C3NC(=O)NC3=O)c3ccccc3)o2)cc1. The number of ether oxygens (including phenoxy) is 1. The van der Waals surface area contributed by atoms with Crippen LogP contribution in [0.4, 0.5) is 4.79 Å². The van der Waals surface area contributed by atoms with Gasteiger partial charge in [0.05, 0.1) is 17.7 Å². The molecule has 150 valence electrons. The number of imide groups is 1. The van der Waals surface area contributed by atoms with Crippen LogP contribution in [0.3, 0.4) is 0 Å². The van der Waals surface area contributed by atoms with Crippen molar-refractivity contribution in [2.45, 2.75) is 6.92 Å². The molecule has 1 saturated heterocycles. The second kappa shape index (κ2) is 8.08. The average Bonchev–Trinajstić information content (AvgIpc) is 3.36. The van der Waals surface area contributed by atoms with Crippen LogP contribution in [0.1, 0.15) is 28.6 Å². The standard InChI is InChI=1S/C23H18N2O5/c1-2-29-22(27)16-10-8-14(9-11-16)17-12-13-18(30-17)19(15-6-4-3-5-7-15)20-21(26)25-23(28)24-20/h3-13H,2H2,1H3,(H2,24,25,26,28). The molecule has 1 fully saturated rings. The van der Waals surface area contributed by atoms with Gasteiger partial charge in [-0.3, -0.25) is 10.1 Å². The number of nitrogens with one attached hydrogen (secondary N) is 2. The second-order valence-electron chi connectivity index (χ2n) is 6.49. The number of hydrogen-bond donors (Lipinski definition) is 2. The highest BCUT2D eigenvalue weighted by Gasteiger charge is 2.29. The predicted octanol–water partition coefficient (Wildman–Crippen LogP) is 3.72. The van der Waals surface area contributed by atoms with E-state index in [1.807, 2.05) is 30.3 Å². The molecule has 2 heterocycles. The molecule has 1 aromatic heterocycles. The number of rotatable bonds is 5. The minimum absolute atomic E-state index is 0.129. The van der Waals surface area contributed by atoms with Crippen molar-refractivity contribution in [2.24, 2.45) is 0 Å². The van der Waals surface area contributed by atoms with Gasteiger partial charge < -0.3 is 14.5 Å². The van der Waals surface area contributed by atoms with Crippen molar-refractivity contribution in [3.05, 3.63) is 89.3 Å². The first kappa shape index (κ1) is 19.2. The fraction of sp³-hybridized carbons (Fsp3) is 0.0870. The van der Waals surface area contributed by atoms with Gasteiger partial charge in [-0.25, -0.2) is 9.59 Å². The summed E-state index contributed by atoms with van der Waals surface area (Å²) in [6.45, 7) is 2.06. The summed E-state index contributed by atoms with van der Waals surface area (Å²) in [7, 11) is 0. The lowest BCUT2D eigenvalue weighted by Crippen LogP contribution is -2.22. The third kappa shape index (κ3) is 3.73. The maximum absolute atomic E-state index is 12.3. The molecule has 0 bridgehead atoms. The van der Waals surface area contributed by atoms with Crippen molar-refractivity contribution in [2.75, 3.05) is 6.61 Å². The van der Waals surface area contributed by atoms with Gasteiger partial charge in [0.25, 0.3) is 5.91 Å². The molecule has 30 heavy (non-hydrogen) atoms. The molecule has 7 nitrogen and oxygen atoms in total. The molecule has 0 unspecified atom stereocenters. The van der Waals surface area contributed by atoms with Crippen molar-refractivity contribution < 1.29 is 23.5 Å². The minimum atomic E-state index is -0.579. The largest absolute Gasteiger partial charge is 0.462 e. The molecule has 3 aromatic rings. The predicted molar refractivity (Wildman–Crippen MR) is 109 cm³/mol. The van der Waals surface area contributed by atoms with E-state index >= 15 is 0 Å². The normalized spacial score (nSPS) is 14.8. The summed E-state index contributed by atoms with van der Waals surface area (Å²) in [5.41, 5.74) is 2.54. The van der Waals surface area contributed by atoms with Crippen LogP contribution in [0.25, 0.3) is 16.9 Å². The molecule has 3 amide bonds. The highest BCUT2D eigenvalue weighted by atomic mass is 16.5. The van der Waals surface area contributed by atoms with E-state index in [-0.39, 0.29) is 11.7 Å². The maximum atomic E-state index is 12.3. The van der Waals surface area contributed by atoms with Crippen LogP contribution >= 0.6 is 0 Å². The van der Waals surface area contributed by atoms with Gasteiger partial charge in [-0.2, -0.15) is 0 Å². The Morgan fingerprint density at radius 2 is 1.63 bits per heavy atom. The Labute approximate surface area is 172 Å². The topological polar surface area (TPSA) is 97.6 Å². The van der Waals surface area contributed by atoms with Gasteiger partial charge in [-0.05, 0) is 36.8 Å². The molecular formula is C23H18N2O5. The summed E-state index contributed by atoms with van der Waals surface area (Å²) in [6.07, 6.45) is 0. The lowest BCUT2D eigenvalue weighted by molar-refractivity contribution is -0.115. The van der Waals surface area contributed by atoms with Crippen molar-refractivity contribution in [1.29, 1.82) is 0 Å². The van der Waals surface area contributed by atoms with E-state index in [0.29, 0.717) is 29.3 Å². The first-order valence-corrected chi connectivity index (χ1v) is 9.36. The molecule has 1 aliphatic rings. The summed E-state index contributed by atoms with van der Waals surface area (Å²) in [4.78, 5) is 35.7. The smallest absolute Gasteiger partial charge is 0.338 e. The molecular weight excluding hydrogens is 384 g/mol. The van der Waals surface area contributed by atoms with E-state index in [4.69, 9.17) is 9.15 Å². The lowest BCUT2D eigenvalue weighted by atomic mass is 10.0. The van der Waals surface area contributed by atoms with Crippen LogP contribution in [-0.2, 0) is 9.53 Å². The zero-order valence-electron chi connectivity index (χ0n) is 16.1. The van der Waals surface area contributed by atoms with E-state index in [0.717, 1.165) is 11.1 Å². The summed E-state index contributed by atoms with van der Waals surface area (Å²) in [5, 5.41) is 4.77. The van der Waals surface area contributed by atoms with Crippen molar-refractivity contribution in [1.82, 2.24) is 10.6 Å². The lowest BCUT2D eigenvalue weighted by Gasteiger charge is -2.08. The van der Waals surface area contributed by atoms with Gasteiger partial charge in [0.15, 0.2) is 0 Å². The molecule has 7 heteroatoms. The number of esters is 1. The van der Waals surface area contributed by atoms with Gasteiger partial charge in [-0.15, -0.1) is 0 Å². The zero-order chi connectivity index (χ0) is 21.1. The summed E-state index contributed by atoms with van der Waals surface area (Å²) >= 11 is 0.